The van der Waals surface area contributed by atoms with Gasteiger partial charge in [0.1, 0.15) is 21.2 Å². The van der Waals surface area contributed by atoms with E-state index in [9.17, 15) is 14.4 Å². The Labute approximate surface area is 272 Å². The van der Waals surface area contributed by atoms with Crippen LogP contribution in [0.25, 0.3) is 0 Å². The second-order valence-electron chi connectivity index (χ2n) is 12.1. The Morgan fingerprint density at radius 1 is 0.733 bits per heavy atom. The Bertz CT molecular complexity index is 1700. The van der Waals surface area contributed by atoms with Crippen molar-refractivity contribution in [2.24, 2.45) is 11.8 Å². The van der Waals surface area contributed by atoms with Crippen LogP contribution in [0.4, 0.5) is 5.69 Å². The monoisotopic (exact) mass is 638 g/mol. The molecule has 8 rings (SSSR count). The lowest BCUT2D eigenvalue weighted by Gasteiger charge is -2.54. The summed E-state index contributed by atoms with van der Waals surface area (Å²) >= 11 is 14.9. The molecule has 3 aliphatic carbocycles. The van der Waals surface area contributed by atoms with Gasteiger partial charge in [0, 0.05) is 18.7 Å². The van der Waals surface area contributed by atoms with E-state index in [0.29, 0.717) is 37.1 Å². The standard InChI is InChI=1S/C37H32Cl2N2O4/c1-23-10-9-11-26(22-23)45-25-19-17-24(18-20-25)40-31(42)16-3-2-8-21-41-34(43)32-33(35(41)44)37(39)28-13-5-4-12-27(28)36(32,38)29-14-6-7-15-30(29)37/h4-7,9-15,17-20,22,32-33H,2-3,8,16,21H2,1H3,(H,40,42)/t32-,33-,36?,37?/m0/s1. The summed E-state index contributed by atoms with van der Waals surface area (Å²) in [6.07, 6.45) is 2.22. The molecule has 1 saturated heterocycles. The van der Waals surface area contributed by atoms with E-state index in [1.54, 1.807) is 0 Å². The Hall–Kier alpha value is -4.13. The average Bonchev–Trinajstić information content (AvgIpc) is 3.30. The van der Waals surface area contributed by atoms with Gasteiger partial charge in [-0.2, -0.15) is 0 Å². The highest BCUT2D eigenvalue weighted by Gasteiger charge is 2.72. The fourth-order valence-corrected chi connectivity index (χ4v) is 8.42. The molecule has 6 nitrogen and oxygen atoms in total. The highest BCUT2D eigenvalue weighted by Crippen LogP contribution is 2.69. The van der Waals surface area contributed by atoms with Crippen LogP contribution in [0, 0.1) is 18.8 Å². The number of alkyl halides is 2. The van der Waals surface area contributed by atoms with Gasteiger partial charge in [0.05, 0.1) is 11.8 Å². The highest BCUT2D eigenvalue weighted by atomic mass is 35.5. The zero-order valence-corrected chi connectivity index (χ0v) is 26.3. The molecule has 4 aromatic carbocycles. The number of halogens is 2. The quantitative estimate of drug-likeness (QED) is 0.115. The number of hydrogen-bond donors (Lipinski definition) is 1. The lowest BCUT2D eigenvalue weighted by atomic mass is 9.54. The summed E-state index contributed by atoms with van der Waals surface area (Å²) in [5.74, 6) is -0.771. The first-order valence-electron chi connectivity index (χ1n) is 15.3. The number of aryl methyl sites for hydroxylation is 1. The number of amides is 3. The number of hydrogen-bond acceptors (Lipinski definition) is 4. The molecular formula is C37H32Cl2N2O4. The first-order chi connectivity index (χ1) is 21.7. The van der Waals surface area contributed by atoms with Crippen LogP contribution in [0.2, 0.25) is 0 Å². The summed E-state index contributed by atoms with van der Waals surface area (Å²) in [6.45, 7) is 2.27. The predicted molar refractivity (Wildman–Crippen MR) is 175 cm³/mol. The number of nitrogens with one attached hydrogen (secondary N) is 1. The molecule has 0 radical (unpaired) electrons. The third kappa shape index (κ3) is 4.74. The molecule has 2 bridgehead atoms. The molecule has 1 heterocycles. The van der Waals surface area contributed by atoms with E-state index in [4.69, 9.17) is 27.9 Å². The van der Waals surface area contributed by atoms with Gasteiger partial charge in [-0.25, -0.2) is 0 Å². The van der Waals surface area contributed by atoms with Crippen molar-refractivity contribution >= 4 is 46.6 Å². The number of nitrogens with zero attached hydrogens (tertiary/aromatic N) is 1. The van der Waals surface area contributed by atoms with Gasteiger partial charge in [0.25, 0.3) is 0 Å². The Kier molecular flexibility index (Phi) is 7.46. The first kappa shape index (κ1) is 29.6. The van der Waals surface area contributed by atoms with Crippen molar-refractivity contribution in [2.75, 3.05) is 11.9 Å². The number of carbonyl (C=O) groups is 3. The van der Waals surface area contributed by atoms with E-state index < -0.39 is 21.6 Å². The average molecular weight is 640 g/mol. The summed E-state index contributed by atoms with van der Waals surface area (Å²) in [5, 5.41) is 2.92. The van der Waals surface area contributed by atoms with Crippen LogP contribution in [-0.2, 0) is 24.1 Å². The van der Waals surface area contributed by atoms with Crippen molar-refractivity contribution in [1.29, 1.82) is 0 Å². The predicted octanol–water partition coefficient (Wildman–Crippen LogP) is 7.88. The van der Waals surface area contributed by atoms with E-state index in [1.807, 2.05) is 104 Å². The maximum atomic E-state index is 13.9. The third-order valence-corrected chi connectivity index (χ3v) is 10.6. The molecule has 0 unspecified atom stereocenters. The van der Waals surface area contributed by atoms with E-state index >= 15 is 0 Å². The molecule has 4 aromatic rings. The Morgan fingerprint density at radius 2 is 1.29 bits per heavy atom. The van der Waals surface area contributed by atoms with Crippen molar-refractivity contribution < 1.29 is 19.1 Å². The lowest BCUT2D eigenvalue weighted by Crippen LogP contribution is -2.57. The number of likely N-dealkylation sites (tertiary alicyclic amines) is 1. The number of rotatable bonds is 9. The van der Waals surface area contributed by atoms with Crippen molar-refractivity contribution in [3.8, 4) is 11.5 Å². The molecule has 228 valence electrons. The zero-order valence-electron chi connectivity index (χ0n) is 24.8. The number of carbonyl (C=O) groups excluding carboxylic acids is 3. The topological polar surface area (TPSA) is 75.7 Å². The molecular weight excluding hydrogens is 607 g/mol. The molecule has 4 aliphatic rings. The maximum Gasteiger partial charge on any atom is 0.235 e. The Morgan fingerprint density at radius 3 is 1.82 bits per heavy atom. The SMILES string of the molecule is Cc1cccc(Oc2ccc(NC(=O)CCCCCN3C(=O)[C@@H]4[C@@H](C3=O)C3(Cl)c5ccccc5C4(Cl)c4ccccc43)cc2)c1. The van der Waals surface area contributed by atoms with Gasteiger partial charge in [0.15, 0.2) is 0 Å². The van der Waals surface area contributed by atoms with Gasteiger partial charge in [-0.15, -0.1) is 23.2 Å². The molecule has 3 amide bonds. The van der Waals surface area contributed by atoms with Gasteiger partial charge in [0.2, 0.25) is 17.7 Å². The molecule has 2 atom stereocenters. The molecule has 1 N–H and O–H groups in total. The molecule has 45 heavy (non-hydrogen) atoms. The number of unbranched alkanes of at least 4 members (excludes halogenated alkanes) is 2. The smallest absolute Gasteiger partial charge is 0.235 e. The van der Waals surface area contributed by atoms with E-state index in [2.05, 4.69) is 5.32 Å². The van der Waals surface area contributed by atoms with Gasteiger partial charge >= 0.3 is 0 Å². The molecule has 1 fully saturated rings. The van der Waals surface area contributed by atoms with Crippen LogP contribution in [0.5, 0.6) is 11.5 Å². The van der Waals surface area contributed by atoms with Gasteiger partial charge in [-0.05, 0) is 84.0 Å². The van der Waals surface area contributed by atoms with Crippen molar-refractivity contribution in [3.05, 3.63) is 125 Å². The Balaban J connectivity index is 0.954. The van der Waals surface area contributed by atoms with Crippen LogP contribution in [0.3, 0.4) is 0 Å². The van der Waals surface area contributed by atoms with Crippen LogP contribution in [0.1, 0.15) is 53.5 Å². The third-order valence-electron chi connectivity index (χ3n) is 9.33. The van der Waals surface area contributed by atoms with E-state index in [-0.39, 0.29) is 24.3 Å². The first-order valence-corrected chi connectivity index (χ1v) is 16.1. The number of imide groups is 1. The number of benzene rings is 4. The molecule has 0 aromatic heterocycles. The van der Waals surface area contributed by atoms with Gasteiger partial charge < -0.3 is 10.1 Å². The second-order valence-corrected chi connectivity index (χ2v) is 13.3. The summed E-state index contributed by atoms with van der Waals surface area (Å²) in [7, 11) is 0. The summed E-state index contributed by atoms with van der Waals surface area (Å²) in [6, 6.07) is 30.3. The highest BCUT2D eigenvalue weighted by molar-refractivity contribution is 6.36. The van der Waals surface area contributed by atoms with Crippen molar-refractivity contribution in [1.82, 2.24) is 4.90 Å². The fourth-order valence-electron chi connectivity index (χ4n) is 7.32. The van der Waals surface area contributed by atoms with Crippen LogP contribution in [0.15, 0.2) is 97.1 Å². The molecule has 0 saturated carbocycles. The summed E-state index contributed by atoms with van der Waals surface area (Å²) in [5.41, 5.74) is 4.99. The normalized spacial score (nSPS) is 24.2. The summed E-state index contributed by atoms with van der Waals surface area (Å²) in [4.78, 5) is 39.4. The molecule has 1 aliphatic heterocycles. The molecule has 8 heteroatoms. The minimum Gasteiger partial charge on any atom is -0.457 e. The van der Waals surface area contributed by atoms with Gasteiger partial charge in [-0.3, -0.25) is 19.3 Å². The van der Waals surface area contributed by atoms with Gasteiger partial charge in [-0.1, -0.05) is 67.1 Å². The molecule has 0 spiro atoms. The van der Waals surface area contributed by atoms with Crippen LogP contribution < -0.4 is 10.1 Å². The number of ether oxygens (including phenoxy) is 1. The van der Waals surface area contributed by atoms with Crippen molar-refractivity contribution in [3.63, 3.8) is 0 Å². The van der Waals surface area contributed by atoms with Crippen LogP contribution >= 0.6 is 23.2 Å². The van der Waals surface area contributed by atoms with Crippen LogP contribution in [-0.4, -0.2) is 29.2 Å². The zero-order chi connectivity index (χ0) is 31.3. The summed E-state index contributed by atoms with van der Waals surface area (Å²) < 4.78 is 5.88. The van der Waals surface area contributed by atoms with Crippen molar-refractivity contribution in [2.45, 2.75) is 42.4 Å². The number of anilines is 1. The lowest BCUT2D eigenvalue weighted by molar-refractivity contribution is -0.140. The largest absolute Gasteiger partial charge is 0.457 e. The fraction of sp³-hybridized carbons (Fsp3) is 0.270. The second kappa shape index (κ2) is 11.3. The van der Waals surface area contributed by atoms with E-state index in [0.717, 1.165) is 33.6 Å². The van der Waals surface area contributed by atoms with E-state index in [1.165, 1.54) is 4.90 Å². The maximum absolute atomic E-state index is 13.9. The minimum atomic E-state index is -1.17. The minimum absolute atomic E-state index is 0.0954.